The summed E-state index contributed by atoms with van der Waals surface area (Å²) in [7, 11) is -2.79. The fraction of sp³-hybridized carbons (Fsp3) is 1.00. The highest BCUT2D eigenvalue weighted by atomic mass is 32.2. The number of hydrogen-bond acceptors (Lipinski definition) is 4. The van der Waals surface area contributed by atoms with Crippen molar-refractivity contribution in [1.29, 1.82) is 0 Å². The molecule has 0 aromatic rings. The Labute approximate surface area is 60.2 Å². The van der Waals surface area contributed by atoms with Crippen molar-refractivity contribution in [3.8, 4) is 0 Å². The molecule has 0 aromatic heterocycles. The zero-order chi connectivity index (χ0) is 7.61. The van der Waals surface area contributed by atoms with Gasteiger partial charge in [0.15, 0.2) is 9.84 Å². The minimum absolute atomic E-state index is 0.0324. The van der Waals surface area contributed by atoms with Crippen molar-refractivity contribution >= 4 is 9.84 Å². The molecule has 10 heavy (non-hydrogen) atoms. The van der Waals surface area contributed by atoms with Crippen LogP contribution in [0.2, 0.25) is 0 Å². The van der Waals surface area contributed by atoms with Gasteiger partial charge in [-0.3, -0.25) is 5.32 Å². The molecule has 1 fully saturated rings. The molecule has 0 aliphatic carbocycles. The van der Waals surface area contributed by atoms with Gasteiger partial charge in [-0.2, -0.15) is 0 Å². The predicted molar refractivity (Wildman–Crippen MR) is 37.3 cm³/mol. The zero-order valence-corrected chi connectivity index (χ0v) is 6.39. The van der Waals surface area contributed by atoms with Crippen molar-refractivity contribution in [2.45, 2.75) is 12.5 Å². The summed E-state index contributed by atoms with van der Waals surface area (Å²) in [4.78, 5) is 0. The molecule has 1 atom stereocenters. The summed E-state index contributed by atoms with van der Waals surface area (Å²) in [6.07, 6.45) is 0.628. The van der Waals surface area contributed by atoms with Gasteiger partial charge in [0, 0.05) is 6.04 Å². The average molecular weight is 165 g/mol. The number of hydrogen-bond donors (Lipinski definition) is 2. The van der Waals surface area contributed by atoms with Crippen molar-refractivity contribution in [3.63, 3.8) is 0 Å². The van der Waals surface area contributed by atoms with Crippen molar-refractivity contribution in [3.05, 3.63) is 0 Å². The Balaban J connectivity index is 2.44. The van der Waals surface area contributed by atoms with Gasteiger partial charge in [-0.1, -0.05) is 0 Å². The van der Waals surface area contributed by atoms with E-state index in [9.17, 15) is 8.42 Å². The first-order chi connectivity index (χ1) is 4.64. The third-order valence-electron chi connectivity index (χ3n) is 1.61. The molecule has 1 unspecified atom stereocenters. The van der Waals surface area contributed by atoms with Crippen LogP contribution in [0.3, 0.4) is 0 Å². The molecule has 1 aliphatic heterocycles. The molecular weight excluding hydrogens is 154 g/mol. The highest BCUT2D eigenvalue weighted by Gasteiger charge is 2.26. The van der Waals surface area contributed by atoms with E-state index >= 15 is 0 Å². The molecule has 60 valence electrons. The monoisotopic (exact) mass is 165 g/mol. The van der Waals surface area contributed by atoms with Crippen LogP contribution in [-0.4, -0.2) is 37.8 Å². The fourth-order valence-electron chi connectivity index (χ4n) is 1.09. The normalized spacial score (nSPS) is 30.7. The first-order valence-electron chi connectivity index (χ1n) is 3.19. The molecule has 1 heterocycles. The van der Waals surface area contributed by atoms with E-state index in [1.165, 1.54) is 0 Å². The van der Waals surface area contributed by atoms with E-state index in [-0.39, 0.29) is 24.3 Å². The van der Waals surface area contributed by atoms with Gasteiger partial charge in [-0.05, 0) is 6.42 Å². The summed E-state index contributed by atoms with van der Waals surface area (Å²) in [5, 5.41) is 11.1. The second kappa shape index (κ2) is 2.86. The van der Waals surface area contributed by atoms with Crippen LogP contribution < -0.4 is 5.32 Å². The Hall–Kier alpha value is -0.130. The first kappa shape index (κ1) is 7.97. The maximum absolute atomic E-state index is 10.8. The molecule has 0 amide bonds. The molecule has 1 aliphatic rings. The molecule has 5 heteroatoms. The van der Waals surface area contributed by atoms with Crippen molar-refractivity contribution in [2.75, 3.05) is 18.2 Å². The summed E-state index contributed by atoms with van der Waals surface area (Å²) in [6.45, 7) is -0.139. The molecule has 4 nitrogen and oxygen atoms in total. The van der Waals surface area contributed by atoms with E-state index in [0.717, 1.165) is 0 Å². The summed E-state index contributed by atoms with van der Waals surface area (Å²) in [5.74, 6) is 0.429. The van der Waals surface area contributed by atoms with E-state index in [1.54, 1.807) is 0 Å². The highest BCUT2D eigenvalue weighted by molar-refractivity contribution is 7.91. The van der Waals surface area contributed by atoms with Gasteiger partial charge in [0.25, 0.3) is 0 Å². The Morgan fingerprint density at radius 2 is 2.30 bits per heavy atom. The van der Waals surface area contributed by atoms with Crippen LogP contribution in [0.4, 0.5) is 0 Å². The maximum Gasteiger partial charge on any atom is 0.151 e. The number of sulfone groups is 1. The zero-order valence-electron chi connectivity index (χ0n) is 5.58. The van der Waals surface area contributed by atoms with Gasteiger partial charge in [0.1, 0.15) is 0 Å². The molecule has 0 bridgehead atoms. The van der Waals surface area contributed by atoms with Crippen LogP contribution in [0.1, 0.15) is 6.42 Å². The van der Waals surface area contributed by atoms with Gasteiger partial charge >= 0.3 is 0 Å². The average Bonchev–Trinajstić information content (AvgIpc) is 2.12. The van der Waals surface area contributed by atoms with Gasteiger partial charge in [0.05, 0.1) is 18.2 Å². The minimum Gasteiger partial charge on any atom is -0.381 e. The van der Waals surface area contributed by atoms with Crippen LogP contribution in [0, 0.1) is 0 Å². The fourth-order valence-corrected chi connectivity index (χ4v) is 2.79. The number of aliphatic hydroxyl groups excluding tert-OH is 1. The van der Waals surface area contributed by atoms with Crippen LogP contribution in [0.15, 0.2) is 0 Å². The molecule has 0 spiro atoms. The van der Waals surface area contributed by atoms with Gasteiger partial charge < -0.3 is 5.11 Å². The van der Waals surface area contributed by atoms with E-state index in [2.05, 4.69) is 5.32 Å². The van der Waals surface area contributed by atoms with Gasteiger partial charge in [0.2, 0.25) is 0 Å². The number of nitrogens with one attached hydrogen (secondary N) is 1. The number of aliphatic hydroxyl groups is 1. The topological polar surface area (TPSA) is 66.4 Å². The molecule has 1 saturated heterocycles. The third kappa shape index (κ3) is 1.93. The standard InChI is InChI=1S/C5H11NO3S/c7-4-6-5-1-2-10(8,9)3-5/h5-7H,1-4H2. The van der Waals surface area contributed by atoms with E-state index in [0.29, 0.717) is 6.42 Å². The Bertz CT molecular complexity index is 199. The molecular formula is C5H11NO3S. The summed E-state index contributed by atoms with van der Waals surface area (Å²) in [5.41, 5.74) is 0. The minimum atomic E-state index is -2.79. The second-order valence-electron chi connectivity index (χ2n) is 2.46. The SMILES string of the molecule is O=S1(=O)CCC(NCO)C1. The van der Waals surface area contributed by atoms with Crippen LogP contribution >= 0.6 is 0 Å². The lowest BCUT2D eigenvalue weighted by Crippen LogP contribution is -2.30. The quantitative estimate of drug-likeness (QED) is 0.500. The smallest absolute Gasteiger partial charge is 0.151 e. The molecule has 1 rings (SSSR count). The second-order valence-corrected chi connectivity index (χ2v) is 4.69. The summed E-state index contributed by atoms with van der Waals surface area (Å²) in [6, 6.07) is -0.0324. The molecule has 0 radical (unpaired) electrons. The van der Waals surface area contributed by atoms with Crippen molar-refractivity contribution in [1.82, 2.24) is 5.32 Å². The first-order valence-corrected chi connectivity index (χ1v) is 5.01. The van der Waals surface area contributed by atoms with E-state index in [4.69, 9.17) is 5.11 Å². The lowest BCUT2D eigenvalue weighted by atomic mass is 10.3. The predicted octanol–water partition coefficient (Wildman–Crippen LogP) is -1.29. The van der Waals surface area contributed by atoms with E-state index in [1.807, 2.05) is 0 Å². The highest BCUT2D eigenvalue weighted by Crippen LogP contribution is 2.10. The van der Waals surface area contributed by atoms with Crippen LogP contribution in [-0.2, 0) is 9.84 Å². The summed E-state index contributed by atoms with van der Waals surface area (Å²) < 4.78 is 21.6. The van der Waals surface area contributed by atoms with Crippen LogP contribution in [0.5, 0.6) is 0 Å². The van der Waals surface area contributed by atoms with E-state index < -0.39 is 9.84 Å². The van der Waals surface area contributed by atoms with Gasteiger partial charge in [-0.25, -0.2) is 8.42 Å². The van der Waals surface area contributed by atoms with Crippen molar-refractivity contribution in [2.24, 2.45) is 0 Å². The Morgan fingerprint density at radius 1 is 1.60 bits per heavy atom. The molecule has 2 N–H and O–H groups in total. The van der Waals surface area contributed by atoms with Crippen molar-refractivity contribution < 1.29 is 13.5 Å². The third-order valence-corrected chi connectivity index (χ3v) is 3.38. The lowest BCUT2D eigenvalue weighted by molar-refractivity contribution is 0.245. The lowest BCUT2D eigenvalue weighted by Gasteiger charge is -2.05. The van der Waals surface area contributed by atoms with Gasteiger partial charge in [-0.15, -0.1) is 0 Å². The number of rotatable bonds is 2. The Morgan fingerprint density at radius 3 is 2.70 bits per heavy atom. The van der Waals surface area contributed by atoms with Crippen LogP contribution in [0.25, 0.3) is 0 Å². The molecule has 0 saturated carbocycles. The molecule has 0 aromatic carbocycles. The largest absolute Gasteiger partial charge is 0.381 e. The summed E-state index contributed by atoms with van der Waals surface area (Å²) >= 11 is 0. The maximum atomic E-state index is 10.8. The Kier molecular flexibility index (Phi) is 2.28.